The normalized spacial score (nSPS) is 11.0. The Hall–Kier alpha value is -1.78. The van der Waals surface area contributed by atoms with Crippen LogP contribution in [-0.2, 0) is 0 Å². The zero-order chi connectivity index (χ0) is 14.3. The Labute approximate surface area is 123 Å². The Morgan fingerprint density at radius 2 is 1.50 bits per heavy atom. The first-order valence-electron chi connectivity index (χ1n) is 5.64. The average Bonchev–Trinajstić information content (AvgIpc) is 2.44. The fourth-order valence-corrected chi connectivity index (χ4v) is 2.42. The van der Waals surface area contributed by atoms with E-state index < -0.39 is 11.6 Å². The van der Waals surface area contributed by atoms with Gasteiger partial charge in [0.05, 0.1) is 5.02 Å². The molecule has 6 heteroatoms. The van der Waals surface area contributed by atoms with Gasteiger partial charge in [0.2, 0.25) is 0 Å². The monoisotopic (exact) mass is 310 g/mol. The lowest BCUT2D eigenvalue weighted by molar-refractivity contribution is 0.509. The largest absolute Gasteiger partial charge is 0.204 e. The topological polar surface area (TPSA) is 25.8 Å². The summed E-state index contributed by atoms with van der Waals surface area (Å²) < 4.78 is 26.6. The zero-order valence-corrected chi connectivity index (χ0v) is 11.4. The third kappa shape index (κ3) is 2.11. The summed E-state index contributed by atoms with van der Waals surface area (Å²) in [5, 5.41) is 9.40. The SMILES string of the molecule is Fc1cc(Cl)c(-c2nnc(Cl)c3ccccc23)cc1F. The first-order valence-corrected chi connectivity index (χ1v) is 6.39. The molecule has 1 heterocycles. The van der Waals surface area contributed by atoms with Gasteiger partial charge in [0.25, 0.3) is 0 Å². The van der Waals surface area contributed by atoms with Crippen molar-refractivity contribution in [2.45, 2.75) is 0 Å². The second-order valence-electron chi connectivity index (χ2n) is 4.13. The Morgan fingerprint density at radius 1 is 0.850 bits per heavy atom. The van der Waals surface area contributed by atoms with Gasteiger partial charge in [-0.15, -0.1) is 10.2 Å². The van der Waals surface area contributed by atoms with Crippen LogP contribution in [0.2, 0.25) is 10.2 Å². The molecule has 0 atom stereocenters. The van der Waals surface area contributed by atoms with Crippen LogP contribution in [0.15, 0.2) is 36.4 Å². The standard InChI is InChI=1S/C14H6Cl2F2N2/c15-10-6-12(18)11(17)5-9(10)13-7-3-1-2-4-8(7)14(16)20-19-13/h1-6H. The van der Waals surface area contributed by atoms with Crippen molar-refractivity contribution in [3.63, 3.8) is 0 Å². The molecule has 0 spiro atoms. The van der Waals surface area contributed by atoms with E-state index >= 15 is 0 Å². The van der Waals surface area contributed by atoms with Gasteiger partial charge in [-0.3, -0.25) is 0 Å². The van der Waals surface area contributed by atoms with Crippen molar-refractivity contribution in [3.05, 3.63) is 58.2 Å². The highest BCUT2D eigenvalue weighted by atomic mass is 35.5. The van der Waals surface area contributed by atoms with Crippen LogP contribution >= 0.6 is 23.2 Å². The quantitative estimate of drug-likeness (QED) is 0.598. The molecule has 0 aliphatic carbocycles. The molecule has 3 aromatic rings. The summed E-state index contributed by atoms with van der Waals surface area (Å²) >= 11 is 11.9. The van der Waals surface area contributed by atoms with Gasteiger partial charge in [-0.25, -0.2) is 8.78 Å². The lowest BCUT2D eigenvalue weighted by atomic mass is 10.0. The summed E-state index contributed by atoms with van der Waals surface area (Å²) in [5.41, 5.74) is 0.625. The molecular formula is C14H6Cl2F2N2. The minimum atomic E-state index is -1.01. The summed E-state index contributed by atoms with van der Waals surface area (Å²) in [6.45, 7) is 0. The van der Waals surface area contributed by atoms with Crippen molar-refractivity contribution in [1.82, 2.24) is 10.2 Å². The van der Waals surface area contributed by atoms with Crippen LogP contribution in [0.25, 0.3) is 22.0 Å². The predicted molar refractivity (Wildman–Crippen MR) is 74.9 cm³/mol. The molecule has 0 unspecified atom stereocenters. The number of halogens is 4. The fraction of sp³-hybridized carbons (Fsp3) is 0. The van der Waals surface area contributed by atoms with Crippen molar-refractivity contribution in [1.29, 1.82) is 0 Å². The Bertz CT molecular complexity index is 822. The second-order valence-corrected chi connectivity index (χ2v) is 4.90. The fourth-order valence-electron chi connectivity index (χ4n) is 1.97. The summed E-state index contributed by atoms with van der Waals surface area (Å²) in [7, 11) is 0. The number of rotatable bonds is 1. The van der Waals surface area contributed by atoms with Gasteiger partial charge in [-0.05, 0) is 12.1 Å². The maximum Gasteiger partial charge on any atom is 0.160 e. The molecule has 0 aliphatic heterocycles. The van der Waals surface area contributed by atoms with Gasteiger partial charge in [0, 0.05) is 16.3 Å². The van der Waals surface area contributed by atoms with Crippen LogP contribution in [0.4, 0.5) is 8.78 Å². The van der Waals surface area contributed by atoms with Gasteiger partial charge < -0.3 is 0 Å². The van der Waals surface area contributed by atoms with Crippen LogP contribution in [0.3, 0.4) is 0 Å². The highest BCUT2D eigenvalue weighted by Gasteiger charge is 2.15. The molecule has 0 radical (unpaired) electrons. The number of benzene rings is 2. The summed E-state index contributed by atoms with van der Waals surface area (Å²) in [6.07, 6.45) is 0. The minimum Gasteiger partial charge on any atom is -0.204 e. The highest BCUT2D eigenvalue weighted by molar-refractivity contribution is 6.35. The number of hydrogen-bond donors (Lipinski definition) is 0. The summed E-state index contributed by atoms with van der Waals surface area (Å²) in [4.78, 5) is 0. The molecule has 20 heavy (non-hydrogen) atoms. The van der Waals surface area contributed by atoms with Crippen molar-refractivity contribution < 1.29 is 8.78 Å². The maximum atomic E-state index is 13.4. The Morgan fingerprint density at radius 3 is 2.25 bits per heavy atom. The summed E-state index contributed by atoms with van der Waals surface area (Å²) in [5.74, 6) is -2.00. The smallest absolute Gasteiger partial charge is 0.160 e. The third-order valence-corrected chi connectivity index (χ3v) is 3.50. The van der Waals surface area contributed by atoms with Crippen molar-refractivity contribution in [2.75, 3.05) is 0 Å². The molecule has 0 amide bonds. The average molecular weight is 311 g/mol. The zero-order valence-electron chi connectivity index (χ0n) is 9.87. The molecular weight excluding hydrogens is 305 g/mol. The third-order valence-electron chi connectivity index (χ3n) is 2.91. The van der Waals surface area contributed by atoms with E-state index in [-0.39, 0.29) is 15.7 Å². The van der Waals surface area contributed by atoms with Crippen molar-refractivity contribution >= 4 is 34.0 Å². The molecule has 1 aromatic heterocycles. The van der Waals surface area contributed by atoms with Gasteiger partial charge >= 0.3 is 0 Å². The van der Waals surface area contributed by atoms with Crippen LogP contribution in [-0.4, -0.2) is 10.2 Å². The first-order chi connectivity index (χ1) is 9.58. The van der Waals surface area contributed by atoms with Gasteiger partial charge in [0.15, 0.2) is 16.8 Å². The van der Waals surface area contributed by atoms with E-state index in [2.05, 4.69) is 10.2 Å². The predicted octanol–water partition coefficient (Wildman–Crippen LogP) is 4.88. The molecule has 0 saturated heterocycles. The van der Waals surface area contributed by atoms with E-state index in [1.807, 2.05) is 0 Å². The van der Waals surface area contributed by atoms with E-state index in [1.54, 1.807) is 24.3 Å². The van der Waals surface area contributed by atoms with Gasteiger partial charge in [0.1, 0.15) is 5.69 Å². The molecule has 3 rings (SSSR count). The molecule has 2 nitrogen and oxygen atoms in total. The number of hydrogen-bond acceptors (Lipinski definition) is 2. The molecule has 100 valence electrons. The molecule has 0 N–H and O–H groups in total. The lowest BCUT2D eigenvalue weighted by Crippen LogP contribution is -1.94. The van der Waals surface area contributed by atoms with Crippen LogP contribution in [0.5, 0.6) is 0 Å². The molecule has 0 bridgehead atoms. The molecule has 0 aliphatic rings. The second kappa shape index (κ2) is 4.96. The minimum absolute atomic E-state index is 0.0608. The van der Waals surface area contributed by atoms with Crippen LogP contribution in [0, 0.1) is 11.6 Å². The molecule has 0 saturated carbocycles. The van der Waals surface area contributed by atoms with E-state index in [1.165, 1.54) is 0 Å². The van der Waals surface area contributed by atoms with E-state index in [4.69, 9.17) is 23.2 Å². The van der Waals surface area contributed by atoms with Crippen molar-refractivity contribution in [2.24, 2.45) is 0 Å². The van der Waals surface area contributed by atoms with E-state index in [0.717, 1.165) is 12.1 Å². The van der Waals surface area contributed by atoms with Gasteiger partial charge in [-0.1, -0.05) is 47.5 Å². The van der Waals surface area contributed by atoms with Gasteiger partial charge in [-0.2, -0.15) is 0 Å². The summed E-state index contributed by atoms with van der Waals surface area (Å²) in [6, 6.07) is 9.04. The molecule has 0 fully saturated rings. The first kappa shape index (κ1) is 13.2. The lowest BCUT2D eigenvalue weighted by Gasteiger charge is -2.08. The highest BCUT2D eigenvalue weighted by Crippen LogP contribution is 2.34. The van der Waals surface area contributed by atoms with Crippen molar-refractivity contribution in [3.8, 4) is 11.3 Å². The maximum absolute atomic E-state index is 13.4. The van der Waals surface area contributed by atoms with E-state index in [9.17, 15) is 8.78 Å². The van der Waals surface area contributed by atoms with Crippen LogP contribution < -0.4 is 0 Å². The van der Waals surface area contributed by atoms with Crippen LogP contribution in [0.1, 0.15) is 0 Å². The number of nitrogens with zero attached hydrogens (tertiary/aromatic N) is 2. The molecule has 2 aromatic carbocycles. The number of aromatic nitrogens is 2. The Kier molecular flexibility index (Phi) is 3.28. The Balaban J connectivity index is 2.36. The van der Waals surface area contributed by atoms with E-state index in [0.29, 0.717) is 16.5 Å². The number of fused-ring (bicyclic) bond motifs is 1.